The van der Waals surface area contributed by atoms with Crippen molar-refractivity contribution in [1.29, 1.82) is 0 Å². The van der Waals surface area contributed by atoms with Crippen LogP contribution in [0.15, 0.2) is 36.4 Å². The first-order valence-electron chi connectivity index (χ1n) is 8.71. The van der Waals surface area contributed by atoms with Gasteiger partial charge in [0.2, 0.25) is 0 Å². The molecule has 1 aliphatic carbocycles. The summed E-state index contributed by atoms with van der Waals surface area (Å²) in [5.74, 6) is 0.511. The molecule has 1 fully saturated rings. The fourth-order valence-electron chi connectivity index (χ4n) is 2.80. The third kappa shape index (κ3) is 3.51. The van der Waals surface area contributed by atoms with Crippen molar-refractivity contribution in [3.8, 4) is 5.69 Å². The highest BCUT2D eigenvalue weighted by atomic mass is 16.3. The predicted octanol–water partition coefficient (Wildman–Crippen LogP) is 2.89. The Morgan fingerprint density at radius 1 is 1.38 bits per heavy atom. The number of para-hydroxylation sites is 1. The van der Waals surface area contributed by atoms with Gasteiger partial charge in [0.15, 0.2) is 0 Å². The number of rotatable bonds is 7. The molecule has 0 radical (unpaired) electrons. The lowest BCUT2D eigenvalue weighted by Gasteiger charge is -2.22. The predicted molar refractivity (Wildman–Crippen MR) is 93.3 cm³/mol. The van der Waals surface area contributed by atoms with Crippen LogP contribution >= 0.6 is 0 Å². The van der Waals surface area contributed by atoms with Crippen LogP contribution in [-0.4, -0.2) is 33.4 Å². The number of aliphatic hydroxyl groups excluding tert-OH is 1. The molecular weight excluding hydrogens is 302 g/mol. The van der Waals surface area contributed by atoms with Crippen LogP contribution in [0.2, 0.25) is 0 Å². The zero-order valence-electron chi connectivity index (χ0n) is 14.3. The van der Waals surface area contributed by atoms with E-state index in [9.17, 15) is 9.90 Å². The van der Waals surface area contributed by atoms with Gasteiger partial charge in [0, 0.05) is 5.92 Å². The van der Waals surface area contributed by atoms with Gasteiger partial charge in [0.25, 0.3) is 5.91 Å². The van der Waals surface area contributed by atoms with Crippen LogP contribution in [0.3, 0.4) is 0 Å². The average molecular weight is 327 g/mol. The summed E-state index contributed by atoms with van der Waals surface area (Å²) in [4.78, 5) is 12.8. The summed E-state index contributed by atoms with van der Waals surface area (Å²) < 4.78 is 1.72. The van der Waals surface area contributed by atoms with Crippen LogP contribution in [0, 0.1) is 5.92 Å². The second kappa shape index (κ2) is 7.18. The second-order valence-electron chi connectivity index (χ2n) is 6.62. The number of aliphatic hydroxyl groups is 1. The number of hydrogen-bond acceptors (Lipinski definition) is 3. The first kappa shape index (κ1) is 16.7. The molecule has 1 saturated carbocycles. The zero-order chi connectivity index (χ0) is 17.1. The molecule has 0 spiro atoms. The number of nitrogens with one attached hydrogen (secondary N) is 1. The van der Waals surface area contributed by atoms with E-state index >= 15 is 0 Å². The molecule has 5 nitrogen and oxygen atoms in total. The summed E-state index contributed by atoms with van der Waals surface area (Å²) in [6.45, 7) is 4.03. The smallest absolute Gasteiger partial charge is 0.270 e. The minimum absolute atomic E-state index is 0.0598. The fraction of sp³-hybridized carbons (Fsp3) is 0.474. The van der Waals surface area contributed by atoms with E-state index in [1.807, 2.05) is 43.3 Å². The SMILES string of the molecule is CC[C@H](C)[C@H](CO)NC(=O)c1cc(C2CC2)nn1-c1ccccc1. The van der Waals surface area contributed by atoms with Gasteiger partial charge in [0.05, 0.1) is 24.0 Å². The summed E-state index contributed by atoms with van der Waals surface area (Å²) in [5.41, 5.74) is 2.39. The molecule has 1 aromatic heterocycles. The number of amides is 1. The van der Waals surface area contributed by atoms with Gasteiger partial charge in [-0.2, -0.15) is 5.10 Å². The number of nitrogens with zero attached hydrogens (tertiary/aromatic N) is 2. The van der Waals surface area contributed by atoms with Gasteiger partial charge >= 0.3 is 0 Å². The van der Waals surface area contributed by atoms with E-state index in [0.717, 1.165) is 30.6 Å². The average Bonchev–Trinajstić information content (AvgIpc) is 3.38. The van der Waals surface area contributed by atoms with Crippen molar-refractivity contribution in [3.05, 3.63) is 47.8 Å². The number of carbonyl (C=O) groups excluding carboxylic acids is 1. The van der Waals surface area contributed by atoms with Crippen LogP contribution in [0.1, 0.15) is 55.2 Å². The molecule has 2 aromatic rings. The molecule has 0 bridgehead atoms. The lowest BCUT2D eigenvalue weighted by Crippen LogP contribution is -2.42. The van der Waals surface area contributed by atoms with Crippen molar-refractivity contribution < 1.29 is 9.90 Å². The molecule has 1 heterocycles. The Kier molecular flexibility index (Phi) is 5.00. The van der Waals surface area contributed by atoms with E-state index in [2.05, 4.69) is 17.3 Å². The Balaban J connectivity index is 1.89. The largest absolute Gasteiger partial charge is 0.394 e. The molecule has 0 aliphatic heterocycles. The van der Waals surface area contributed by atoms with Gasteiger partial charge < -0.3 is 10.4 Å². The number of benzene rings is 1. The van der Waals surface area contributed by atoms with E-state index < -0.39 is 0 Å². The van der Waals surface area contributed by atoms with Crippen molar-refractivity contribution in [2.75, 3.05) is 6.61 Å². The van der Waals surface area contributed by atoms with Crippen molar-refractivity contribution >= 4 is 5.91 Å². The summed E-state index contributed by atoms with van der Waals surface area (Å²) in [6, 6.07) is 11.4. The molecule has 5 heteroatoms. The van der Waals surface area contributed by atoms with Crippen LogP contribution in [0.4, 0.5) is 0 Å². The van der Waals surface area contributed by atoms with E-state index in [4.69, 9.17) is 0 Å². The highest BCUT2D eigenvalue weighted by molar-refractivity contribution is 5.93. The molecule has 24 heavy (non-hydrogen) atoms. The maximum Gasteiger partial charge on any atom is 0.270 e. The monoisotopic (exact) mass is 327 g/mol. The summed E-state index contributed by atoms with van der Waals surface area (Å²) in [7, 11) is 0. The molecule has 0 unspecified atom stereocenters. The molecule has 1 amide bonds. The minimum Gasteiger partial charge on any atom is -0.394 e. The van der Waals surface area contributed by atoms with E-state index in [1.54, 1.807) is 4.68 Å². The maximum atomic E-state index is 12.8. The highest BCUT2D eigenvalue weighted by Gasteiger charge is 2.29. The second-order valence-corrected chi connectivity index (χ2v) is 6.62. The minimum atomic E-state index is -0.244. The topological polar surface area (TPSA) is 67.2 Å². The van der Waals surface area contributed by atoms with E-state index in [0.29, 0.717) is 11.6 Å². The van der Waals surface area contributed by atoms with E-state index in [-0.39, 0.29) is 24.5 Å². The highest BCUT2D eigenvalue weighted by Crippen LogP contribution is 2.39. The molecule has 1 aliphatic rings. The van der Waals surface area contributed by atoms with Gasteiger partial charge in [-0.15, -0.1) is 0 Å². The Morgan fingerprint density at radius 3 is 2.67 bits per heavy atom. The van der Waals surface area contributed by atoms with Gasteiger partial charge in [-0.25, -0.2) is 4.68 Å². The first-order chi connectivity index (χ1) is 11.6. The molecule has 3 rings (SSSR count). The molecule has 2 N–H and O–H groups in total. The normalized spacial score (nSPS) is 16.6. The number of carbonyl (C=O) groups is 1. The summed E-state index contributed by atoms with van der Waals surface area (Å²) >= 11 is 0. The van der Waals surface area contributed by atoms with Crippen LogP contribution in [-0.2, 0) is 0 Å². The molecule has 0 saturated heterocycles. The van der Waals surface area contributed by atoms with E-state index in [1.165, 1.54) is 0 Å². The lowest BCUT2D eigenvalue weighted by molar-refractivity contribution is 0.0883. The maximum absolute atomic E-state index is 12.8. The van der Waals surface area contributed by atoms with Crippen molar-refractivity contribution in [3.63, 3.8) is 0 Å². The van der Waals surface area contributed by atoms with Crippen molar-refractivity contribution in [2.24, 2.45) is 5.92 Å². The zero-order valence-corrected chi connectivity index (χ0v) is 14.3. The molecule has 2 atom stereocenters. The van der Waals surface area contributed by atoms with Crippen molar-refractivity contribution in [1.82, 2.24) is 15.1 Å². The van der Waals surface area contributed by atoms with Gasteiger partial charge in [-0.1, -0.05) is 38.5 Å². The number of aromatic nitrogens is 2. The Hall–Kier alpha value is -2.14. The molecular formula is C19H25N3O2. The number of hydrogen-bond donors (Lipinski definition) is 2. The summed E-state index contributed by atoms with van der Waals surface area (Å²) in [6.07, 6.45) is 3.18. The van der Waals surface area contributed by atoms with Crippen LogP contribution in [0.5, 0.6) is 0 Å². The van der Waals surface area contributed by atoms with Gasteiger partial charge in [-0.3, -0.25) is 4.79 Å². The third-order valence-electron chi connectivity index (χ3n) is 4.80. The molecule has 128 valence electrons. The molecule has 1 aromatic carbocycles. The Morgan fingerprint density at radius 2 is 2.08 bits per heavy atom. The third-order valence-corrected chi connectivity index (χ3v) is 4.80. The Labute approximate surface area is 142 Å². The standard InChI is InChI=1S/C19H25N3O2/c1-3-13(2)17(12-23)20-19(24)18-11-16(14-9-10-14)21-22(18)15-7-5-4-6-8-15/h4-8,11,13-14,17,23H,3,9-10,12H2,1-2H3,(H,20,24)/t13-,17-/m0/s1. The Bertz CT molecular complexity index is 692. The summed E-state index contributed by atoms with van der Waals surface area (Å²) in [5, 5.41) is 17.2. The first-order valence-corrected chi connectivity index (χ1v) is 8.71. The van der Waals surface area contributed by atoms with Crippen LogP contribution < -0.4 is 5.32 Å². The van der Waals surface area contributed by atoms with Gasteiger partial charge in [-0.05, 0) is 37.0 Å². The van der Waals surface area contributed by atoms with Gasteiger partial charge in [0.1, 0.15) is 5.69 Å². The fourth-order valence-corrected chi connectivity index (χ4v) is 2.80. The van der Waals surface area contributed by atoms with Crippen LogP contribution in [0.25, 0.3) is 5.69 Å². The quantitative estimate of drug-likeness (QED) is 0.822. The van der Waals surface area contributed by atoms with Crippen molar-refractivity contribution in [2.45, 2.75) is 45.1 Å². The lowest BCUT2D eigenvalue weighted by atomic mass is 10.00.